The van der Waals surface area contributed by atoms with Crippen molar-refractivity contribution in [3.8, 4) is 0 Å². The number of benzene rings is 1. The third kappa shape index (κ3) is 1.95. The van der Waals surface area contributed by atoms with E-state index in [4.69, 9.17) is 17.3 Å². The largest absolute Gasteiger partial charge is 0.369 e. The van der Waals surface area contributed by atoms with E-state index in [0.717, 1.165) is 17.4 Å². The van der Waals surface area contributed by atoms with Crippen LogP contribution in [0, 0.1) is 23.6 Å². The number of rotatable bonds is 2. The minimum Gasteiger partial charge on any atom is -0.369 e. The predicted molar refractivity (Wildman–Crippen MR) is 82.8 cm³/mol. The van der Waals surface area contributed by atoms with Crippen LogP contribution < -0.4 is 5.73 Å². The first-order valence-electron chi connectivity index (χ1n) is 7.67. The second-order valence-corrected chi connectivity index (χ2v) is 7.08. The molecule has 2 saturated carbocycles. The summed E-state index contributed by atoms with van der Waals surface area (Å²) in [4.78, 5) is 4.31. The highest BCUT2D eigenvalue weighted by molar-refractivity contribution is 6.31. The van der Waals surface area contributed by atoms with Gasteiger partial charge in [0.1, 0.15) is 5.82 Å². The van der Waals surface area contributed by atoms with Crippen molar-refractivity contribution in [2.24, 2.45) is 17.8 Å². The fourth-order valence-electron chi connectivity index (χ4n) is 4.61. The first-order valence-corrected chi connectivity index (χ1v) is 8.05. The average molecular weight is 308 g/mol. The molecule has 0 radical (unpaired) electrons. The highest BCUT2D eigenvalue weighted by Crippen LogP contribution is 2.52. The molecule has 1 heterocycles. The second-order valence-electron chi connectivity index (χ2n) is 6.67. The van der Waals surface area contributed by atoms with Crippen molar-refractivity contribution < 1.29 is 4.39 Å². The Morgan fingerprint density at radius 3 is 2.86 bits per heavy atom. The first kappa shape index (κ1) is 13.4. The molecule has 4 atom stereocenters. The maximum Gasteiger partial charge on any atom is 0.201 e. The van der Waals surface area contributed by atoms with E-state index in [0.29, 0.717) is 17.4 Å². The van der Waals surface area contributed by atoms with Crippen LogP contribution in [0.4, 0.5) is 10.3 Å². The van der Waals surface area contributed by atoms with Crippen LogP contribution in [-0.2, 0) is 0 Å². The van der Waals surface area contributed by atoms with Gasteiger partial charge in [-0.2, -0.15) is 0 Å². The lowest BCUT2D eigenvalue weighted by Crippen LogP contribution is -2.23. The zero-order valence-corrected chi connectivity index (χ0v) is 12.8. The molecule has 2 aliphatic rings. The van der Waals surface area contributed by atoms with Crippen LogP contribution in [0.25, 0.3) is 11.0 Å². The molecule has 0 amide bonds. The zero-order valence-electron chi connectivity index (χ0n) is 12.0. The summed E-state index contributed by atoms with van der Waals surface area (Å²) in [7, 11) is 0. The number of fused-ring (bicyclic) bond motifs is 3. The van der Waals surface area contributed by atoms with Gasteiger partial charge in [0, 0.05) is 12.1 Å². The zero-order chi connectivity index (χ0) is 14.7. The Bertz CT molecular complexity index is 711. The lowest BCUT2D eigenvalue weighted by atomic mass is 9.84. The van der Waals surface area contributed by atoms with Crippen molar-refractivity contribution in [2.75, 3.05) is 5.73 Å². The van der Waals surface area contributed by atoms with E-state index in [1.54, 1.807) is 6.07 Å². The molecule has 2 fully saturated rings. The van der Waals surface area contributed by atoms with Crippen molar-refractivity contribution in [3.05, 3.63) is 23.0 Å². The molecule has 2 aliphatic carbocycles. The first-order chi connectivity index (χ1) is 10.0. The van der Waals surface area contributed by atoms with Crippen LogP contribution in [0.5, 0.6) is 0 Å². The van der Waals surface area contributed by atoms with Crippen LogP contribution >= 0.6 is 11.6 Å². The van der Waals surface area contributed by atoms with Gasteiger partial charge in [-0.25, -0.2) is 9.37 Å². The third-order valence-corrected chi connectivity index (χ3v) is 5.87. The summed E-state index contributed by atoms with van der Waals surface area (Å²) in [6.07, 6.45) is 5.35. The molecule has 0 aliphatic heterocycles. The van der Waals surface area contributed by atoms with Crippen molar-refractivity contribution in [3.63, 3.8) is 0 Å². The molecule has 2 aromatic rings. The van der Waals surface area contributed by atoms with Gasteiger partial charge >= 0.3 is 0 Å². The number of hydrogen-bond donors (Lipinski definition) is 1. The van der Waals surface area contributed by atoms with E-state index in [1.165, 1.54) is 31.7 Å². The summed E-state index contributed by atoms with van der Waals surface area (Å²) >= 11 is 5.94. The quantitative estimate of drug-likeness (QED) is 0.893. The molecule has 1 aromatic carbocycles. The molecule has 0 spiro atoms. The van der Waals surface area contributed by atoms with Gasteiger partial charge in [0.25, 0.3) is 0 Å². The molecule has 2 N–H and O–H groups in total. The highest BCUT2D eigenvalue weighted by atomic mass is 35.5. The standard InChI is InChI=1S/C16H19ClFN3/c1-8(11-5-9-2-3-10(11)4-9)21-15-6-12(17)13(18)7-14(15)20-16(21)19/h6-11H,2-5H2,1H3,(H2,19,20). The maximum absolute atomic E-state index is 13.6. The van der Waals surface area contributed by atoms with Crippen molar-refractivity contribution >= 4 is 28.6 Å². The normalized spacial score (nSPS) is 29.4. The SMILES string of the molecule is CC(C1CC2CCC1C2)n1c(N)nc2cc(F)c(Cl)cc21. The van der Waals surface area contributed by atoms with Gasteiger partial charge in [0.2, 0.25) is 5.95 Å². The summed E-state index contributed by atoms with van der Waals surface area (Å²) in [5.41, 5.74) is 7.54. The molecule has 1 aromatic heterocycles. The van der Waals surface area contributed by atoms with Gasteiger partial charge in [-0.05, 0) is 50.0 Å². The topological polar surface area (TPSA) is 43.8 Å². The molecular formula is C16H19ClFN3. The van der Waals surface area contributed by atoms with Crippen LogP contribution in [0.15, 0.2) is 12.1 Å². The van der Waals surface area contributed by atoms with E-state index < -0.39 is 5.82 Å². The monoisotopic (exact) mass is 307 g/mol. The van der Waals surface area contributed by atoms with Gasteiger partial charge in [-0.1, -0.05) is 18.0 Å². The Balaban J connectivity index is 1.78. The van der Waals surface area contributed by atoms with Crippen molar-refractivity contribution in [2.45, 2.75) is 38.6 Å². The number of nitrogens with two attached hydrogens (primary N) is 1. The van der Waals surface area contributed by atoms with Gasteiger partial charge in [-0.15, -0.1) is 0 Å². The van der Waals surface area contributed by atoms with E-state index in [2.05, 4.69) is 11.9 Å². The number of aromatic nitrogens is 2. The Kier molecular flexibility index (Phi) is 2.93. The number of nitrogens with zero attached hydrogens (tertiary/aromatic N) is 2. The molecule has 5 heteroatoms. The minimum absolute atomic E-state index is 0.129. The van der Waals surface area contributed by atoms with Gasteiger partial charge in [-0.3, -0.25) is 0 Å². The van der Waals surface area contributed by atoms with E-state index >= 15 is 0 Å². The van der Waals surface area contributed by atoms with Gasteiger partial charge in [0.15, 0.2) is 0 Å². The van der Waals surface area contributed by atoms with E-state index in [-0.39, 0.29) is 11.1 Å². The Hall–Kier alpha value is -1.29. The third-order valence-electron chi connectivity index (χ3n) is 5.58. The molecule has 21 heavy (non-hydrogen) atoms. The fraction of sp³-hybridized carbons (Fsp3) is 0.562. The average Bonchev–Trinajstić information content (AvgIpc) is 3.12. The van der Waals surface area contributed by atoms with Crippen LogP contribution in [0.1, 0.15) is 38.6 Å². The number of anilines is 1. The minimum atomic E-state index is -0.443. The Morgan fingerprint density at radius 1 is 1.38 bits per heavy atom. The van der Waals surface area contributed by atoms with Crippen molar-refractivity contribution in [1.29, 1.82) is 0 Å². The number of hydrogen-bond acceptors (Lipinski definition) is 2. The Labute approximate surface area is 128 Å². The summed E-state index contributed by atoms with van der Waals surface area (Å²) in [6.45, 7) is 2.21. The molecule has 3 nitrogen and oxygen atoms in total. The fourth-order valence-corrected chi connectivity index (χ4v) is 4.77. The lowest BCUT2D eigenvalue weighted by Gasteiger charge is -2.29. The molecule has 112 valence electrons. The van der Waals surface area contributed by atoms with Crippen LogP contribution in [-0.4, -0.2) is 9.55 Å². The Morgan fingerprint density at radius 2 is 2.19 bits per heavy atom. The van der Waals surface area contributed by atoms with Gasteiger partial charge in [0.05, 0.1) is 16.1 Å². The smallest absolute Gasteiger partial charge is 0.201 e. The summed E-state index contributed by atoms with van der Waals surface area (Å²) in [5, 5.41) is 0.129. The summed E-state index contributed by atoms with van der Waals surface area (Å²) in [5.74, 6) is 2.35. The van der Waals surface area contributed by atoms with Crippen LogP contribution in [0.3, 0.4) is 0 Å². The van der Waals surface area contributed by atoms with Gasteiger partial charge < -0.3 is 10.3 Å². The molecule has 0 saturated heterocycles. The summed E-state index contributed by atoms with van der Waals surface area (Å²) in [6, 6.07) is 3.31. The molecule has 4 unspecified atom stereocenters. The lowest BCUT2D eigenvalue weighted by molar-refractivity contribution is 0.248. The summed E-state index contributed by atoms with van der Waals surface area (Å²) < 4.78 is 15.6. The molecule has 4 rings (SSSR count). The maximum atomic E-state index is 13.6. The molecule has 2 bridgehead atoms. The van der Waals surface area contributed by atoms with Crippen molar-refractivity contribution in [1.82, 2.24) is 9.55 Å². The molecular weight excluding hydrogens is 289 g/mol. The predicted octanol–water partition coefficient (Wildman–Crippen LogP) is 4.41. The highest BCUT2D eigenvalue weighted by Gasteiger charge is 2.42. The number of imidazole rings is 1. The van der Waals surface area contributed by atoms with E-state index in [9.17, 15) is 4.39 Å². The second kappa shape index (κ2) is 4.60. The van der Waals surface area contributed by atoms with E-state index in [1.807, 2.05) is 4.57 Å². The van der Waals surface area contributed by atoms with Crippen LogP contribution in [0.2, 0.25) is 5.02 Å². The number of halogens is 2. The number of nitrogen functional groups attached to an aromatic ring is 1.